The molecule has 0 heterocycles. The minimum atomic E-state index is 0.257. The van der Waals surface area contributed by atoms with E-state index in [1.165, 1.54) is 16.7 Å². The molecule has 0 spiro atoms. The third kappa shape index (κ3) is 2.35. The van der Waals surface area contributed by atoms with Crippen molar-refractivity contribution in [2.75, 3.05) is 0 Å². The molecule has 1 heteroatoms. The van der Waals surface area contributed by atoms with Gasteiger partial charge in [0.15, 0.2) is 0 Å². The highest BCUT2D eigenvalue weighted by atomic mass is 14.6. The van der Waals surface area contributed by atoms with Gasteiger partial charge in [0.2, 0.25) is 0 Å². The van der Waals surface area contributed by atoms with Crippen molar-refractivity contribution in [3.05, 3.63) is 34.9 Å². The smallest absolute Gasteiger partial charge is 0.00509 e. The van der Waals surface area contributed by atoms with Gasteiger partial charge < -0.3 is 5.73 Å². The summed E-state index contributed by atoms with van der Waals surface area (Å²) in [6.45, 7) is 6.31. The molecule has 1 atom stereocenters. The quantitative estimate of drug-likeness (QED) is 0.710. The second kappa shape index (κ2) is 3.72. The molecule has 0 aliphatic carbocycles. The minimum Gasteiger partial charge on any atom is -0.328 e. The third-order valence-corrected chi connectivity index (χ3v) is 2.13. The van der Waals surface area contributed by atoms with Gasteiger partial charge in [-0.3, -0.25) is 0 Å². The fourth-order valence-electron chi connectivity index (χ4n) is 1.30. The van der Waals surface area contributed by atoms with E-state index in [-0.39, 0.29) is 6.04 Å². The van der Waals surface area contributed by atoms with Gasteiger partial charge in [-0.25, -0.2) is 0 Å². The van der Waals surface area contributed by atoms with Crippen molar-refractivity contribution in [3.63, 3.8) is 0 Å². The normalized spacial score (nSPS) is 13.0. The van der Waals surface area contributed by atoms with E-state index < -0.39 is 0 Å². The Balaban J connectivity index is 2.82. The molecule has 66 valence electrons. The van der Waals surface area contributed by atoms with E-state index in [0.717, 1.165) is 6.42 Å². The van der Waals surface area contributed by atoms with Crippen LogP contribution in [0.15, 0.2) is 18.2 Å². The molecule has 0 fully saturated rings. The van der Waals surface area contributed by atoms with Crippen LogP contribution in [0.5, 0.6) is 0 Å². The lowest BCUT2D eigenvalue weighted by Gasteiger charge is -2.07. The van der Waals surface area contributed by atoms with Crippen LogP contribution in [0.1, 0.15) is 23.6 Å². The van der Waals surface area contributed by atoms with Crippen LogP contribution >= 0.6 is 0 Å². The predicted molar refractivity (Wildman–Crippen MR) is 53.3 cm³/mol. The van der Waals surface area contributed by atoms with Gasteiger partial charge in [-0.05, 0) is 43.9 Å². The summed E-state index contributed by atoms with van der Waals surface area (Å²) in [6, 6.07) is 6.80. The molecule has 2 N–H and O–H groups in total. The lowest BCUT2D eigenvalue weighted by Crippen LogP contribution is -2.17. The Kier molecular flexibility index (Phi) is 2.88. The molecule has 0 saturated carbocycles. The maximum atomic E-state index is 5.71. The predicted octanol–water partition coefficient (Wildman–Crippen LogP) is 2.19. The third-order valence-electron chi connectivity index (χ3n) is 2.13. The van der Waals surface area contributed by atoms with Crippen LogP contribution < -0.4 is 5.73 Å². The van der Waals surface area contributed by atoms with E-state index in [2.05, 4.69) is 32.0 Å². The van der Waals surface area contributed by atoms with Gasteiger partial charge >= 0.3 is 0 Å². The van der Waals surface area contributed by atoms with E-state index >= 15 is 0 Å². The zero-order valence-corrected chi connectivity index (χ0v) is 8.09. The number of aryl methyl sites for hydroxylation is 2. The highest BCUT2D eigenvalue weighted by Gasteiger charge is 1.98. The molecule has 0 aromatic heterocycles. The summed E-state index contributed by atoms with van der Waals surface area (Å²) >= 11 is 0. The molecule has 1 aromatic carbocycles. The molecule has 0 aliphatic heterocycles. The van der Waals surface area contributed by atoms with Crippen LogP contribution in [0.3, 0.4) is 0 Å². The Bertz CT molecular complexity index is 264. The summed E-state index contributed by atoms with van der Waals surface area (Å²) in [5, 5.41) is 0. The summed E-state index contributed by atoms with van der Waals surface area (Å²) in [7, 11) is 0. The second-order valence-corrected chi connectivity index (χ2v) is 3.60. The van der Waals surface area contributed by atoms with Gasteiger partial charge in [-0.1, -0.05) is 18.2 Å². The molecule has 0 radical (unpaired) electrons. The first kappa shape index (κ1) is 9.27. The molecule has 0 amide bonds. The summed E-state index contributed by atoms with van der Waals surface area (Å²) in [5.74, 6) is 0. The largest absolute Gasteiger partial charge is 0.328 e. The maximum absolute atomic E-state index is 5.71. The van der Waals surface area contributed by atoms with Crippen molar-refractivity contribution in [2.24, 2.45) is 5.73 Å². The average Bonchev–Trinajstić information content (AvgIpc) is 1.96. The summed E-state index contributed by atoms with van der Waals surface area (Å²) < 4.78 is 0. The first-order valence-electron chi connectivity index (χ1n) is 4.41. The van der Waals surface area contributed by atoms with Gasteiger partial charge in [0.25, 0.3) is 0 Å². The van der Waals surface area contributed by atoms with Crippen molar-refractivity contribution in [3.8, 4) is 0 Å². The van der Waals surface area contributed by atoms with Gasteiger partial charge in [0, 0.05) is 6.04 Å². The van der Waals surface area contributed by atoms with Crippen LogP contribution in [0.25, 0.3) is 0 Å². The summed E-state index contributed by atoms with van der Waals surface area (Å²) in [5.41, 5.74) is 9.76. The molecule has 0 saturated heterocycles. The molecular formula is C11H17N. The highest BCUT2D eigenvalue weighted by Crippen LogP contribution is 2.10. The number of rotatable bonds is 2. The van der Waals surface area contributed by atoms with Crippen LogP contribution in [0.4, 0.5) is 0 Å². The van der Waals surface area contributed by atoms with Gasteiger partial charge in [0.05, 0.1) is 0 Å². The van der Waals surface area contributed by atoms with E-state index in [1.807, 2.05) is 6.92 Å². The zero-order chi connectivity index (χ0) is 9.14. The average molecular weight is 163 g/mol. The van der Waals surface area contributed by atoms with E-state index in [0.29, 0.717) is 0 Å². The first-order valence-corrected chi connectivity index (χ1v) is 4.41. The molecule has 1 rings (SSSR count). The fraction of sp³-hybridized carbons (Fsp3) is 0.455. The minimum absolute atomic E-state index is 0.257. The Hall–Kier alpha value is -0.820. The van der Waals surface area contributed by atoms with Crippen LogP contribution in [-0.4, -0.2) is 6.04 Å². The maximum Gasteiger partial charge on any atom is 0.00509 e. The number of hydrogen-bond donors (Lipinski definition) is 1. The Morgan fingerprint density at radius 2 is 1.92 bits per heavy atom. The number of hydrogen-bond acceptors (Lipinski definition) is 1. The molecule has 1 aromatic rings. The van der Waals surface area contributed by atoms with Crippen molar-refractivity contribution in [1.29, 1.82) is 0 Å². The van der Waals surface area contributed by atoms with E-state index in [9.17, 15) is 0 Å². The van der Waals surface area contributed by atoms with Crippen LogP contribution in [0, 0.1) is 13.8 Å². The molecule has 12 heavy (non-hydrogen) atoms. The van der Waals surface area contributed by atoms with Crippen molar-refractivity contribution >= 4 is 0 Å². The summed E-state index contributed by atoms with van der Waals surface area (Å²) in [6.07, 6.45) is 0.973. The second-order valence-electron chi connectivity index (χ2n) is 3.60. The summed E-state index contributed by atoms with van der Waals surface area (Å²) in [4.78, 5) is 0. The van der Waals surface area contributed by atoms with Crippen LogP contribution in [0.2, 0.25) is 0 Å². The molecule has 0 unspecified atom stereocenters. The topological polar surface area (TPSA) is 26.0 Å². The van der Waals surface area contributed by atoms with Gasteiger partial charge in [-0.15, -0.1) is 0 Å². The lowest BCUT2D eigenvalue weighted by molar-refractivity contribution is 0.737. The molecule has 0 bridgehead atoms. The Labute approximate surface area is 74.6 Å². The van der Waals surface area contributed by atoms with Gasteiger partial charge in [0.1, 0.15) is 0 Å². The van der Waals surface area contributed by atoms with Crippen LogP contribution in [-0.2, 0) is 6.42 Å². The van der Waals surface area contributed by atoms with Crippen molar-refractivity contribution in [2.45, 2.75) is 33.2 Å². The number of nitrogens with two attached hydrogens (primary N) is 1. The molecule has 1 nitrogen and oxygen atoms in total. The van der Waals surface area contributed by atoms with Crippen molar-refractivity contribution in [1.82, 2.24) is 0 Å². The standard InChI is InChI=1S/C11H17N/c1-8-4-5-11(6-9(8)2)7-10(3)12/h4-6,10H,7,12H2,1-3H3/t10-/m0/s1. The fourth-order valence-corrected chi connectivity index (χ4v) is 1.30. The highest BCUT2D eigenvalue weighted by molar-refractivity contribution is 5.30. The Morgan fingerprint density at radius 3 is 2.42 bits per heavy atom. The number of benzene rings is 1. The molecule has 0 aliphatic rings. The monoisotopic (exact) mass is 163 g/mol. The van der Waals surface area contributed by atoms with E-state index in [4.69, 9.17) is 5.73 Å². The van der Waals surface area contributed by atoms with Gasteiger partial charge in [-0.2, -0.15) is 0 Å². The Morgan fingerprint density at radius 1 is 1.25 bits per heavy atom. The molecular weight excluding hydrogens is 146 g/mol. The first-order chi connectivity index (χ1) is 5.59. The van der Waals surface area contributed by atoms with Crippen molar-refractivity contribution < 1.29 is 0 Å². The zero-order valence-electron chi connectivity index (χ0n) is 8.09. The SMILES string of the molecule is Cc1ccc(C[C@H](C)N)cc1C. The lowest BCUT2D eigenvalue weighted by atomic mass is 10.0. The van der Waals surface area contributed by atoms with E-state index in [1.54, 1.807) is 0 Å².